The van der Waals surface area contributed by atoms with Gasteiger partial charge in [-0.2, -0.15) is 0 Å². The molecular weight excluding hydrogens is 438 g/mol. The molecule has 4 amide bonds. The van der Waals surface area contributed by atoms with Crippen molar-refractivity contribution in [1.29, 1.82) is 0 Å². The summed E-state index contributed by atoms with van der Waals surface area (Å²) in [6.07, 6.45) is 0. The molecule has 1 saturated heterocycles. The third-order valence-electron chi connectivity index (χ3n) is 5.26. The highest BCUT2D eigenvalue weighted by atomic mass is 35.5. The number of carbonyl (C=O) groups is 3. The Labute approximate surface area is 190 Å². The molecule has 170 valence electrons. The standard InChI is InChI=1S/C22H24ClN3O6/c1-22(14-5-7-15(23)8-6-14)20(28)26(21(29)25-22)12-19(27)24-11-13-9-17(31-3)18(32-4)10-16(13)30-2/h5-10H,11-12H2,1-4H3,(H,24,27)(H,25,29). The van der Waals surface area contributed by atoms with Gasteiger partial charge in [-0.1, -0.05) is 23.7 Å². The number of nitrogens with zero attached hydrogens (tertiary/aromatic N) is 1. The van der Waals surface area contributed by atoms with E-state index in [0.717, 1.165) is 4.90 Å². The molecule has 2 aromatic carbocycles. The maximum absolute atomic E-state index is 13.0. The zero-order valence-electron chi connectivity index (χ0n) is 18.2. The maximum Gasteiger partial charge on any atom is 0.325 e. The van der Waals surface area contributed by atoms with Crippen molar-refractivity contribution in [1.82, 2.24) is 15.5 Å². The van der Waals surface area contributed by atoms with E-state index in [1.807, 2.05) is 0 Å². The molecule has 0 spiro atoms. The van der Waals surface area contributed by atoms with Crippen molar-refractivity contribution >= 4 is 29.4 Å². The van der Waals surface area contributed by atoms with Gasteiger partial charge in [-0.15, -0.1) is 0 Å². The molecule has 0 aliphatic carbocycles. The van der Waals surface area contributed by atoms with Crippen molar-refractivity contribution < 1.29 is 28.6 Å². The highest BCUT2D eigenvalue weighted by molar-refractivity contribution is 6.30. The van der Waals surface area contributed by atoms with Crippen LogP contribution >= 0.6 is 11.6 Å². The molecule has 0 bridgehead atoms. The van der Waals surface area contributed by atoms with Gasteiger partial charge in [0, 0.05) is 23.2 Å². The highest BCUT2D eigenvalue weighted by Gasteiger charge is 2.49. The van der Waals surface area contributed by atoms with E-state index in [2.05, 4.69) is 10.6 Å². The number of hydrogen-bond donors (Lipinski definition) is 2. The Balaban J connectivity index is 1.70. The molecule has 1 aliphatic rings. The number of amides is 4. The van der Waals surface area contributed by atoms with E-state index in [0.29, 0.717) is 33.4 Å². The number of carbonyl (C=O) groups excluding carboxylic acids is 3. The van der Waals surface area contributed by atoms with E-state index < -0.39 is 29.9 Å². The summed E-state index contributed by atoms with van der Waals surface area (Å²) in [7, 11) is 4.51. The van der Waals surface area contributed by atoms with Crippen molar-refractivity contribution in [2.24, 2.45) is 0 Å². The summed E-state index contributed by atoms with van der Waals surface area (Å²) in [6.45, 7) is 1.26. The fourth-order valence-corrected chi connectivity index (χ4v) is 3.57. The van der Waals surface area contributed by atoms with Crippen LogP contribution in [0.1, 0.15) is 18.1 Å². The Hall–Kier alpha value is -3.46. The van der Waals surface area contributed by atoms with E-state index in [1.165, 1.54) is 21.3 Å². The zero-order valence-corrected chi connectivity index (χ0v) is 18.9. The lowest BCUT2D eigenvalue weighted by molar-refractivity contribution is -0.134. The van der Waals surface area contributed by atoms with E-state index in [4.69, 9.17) is 25.8 Å². The predicted molar refractivity (Wildman–Crippen MR) is 117 cm³/mol. The Kier molecular flexibility index (Phi) is 6.78. The van der Waals surface area contributed by atoms with Crippen LogP contribution in [0.2, 0.25) is 5.02 Å². The van der Waals surface area contributed by atoms with Gasteiger partial charge in [0.1, 0.15) is 17.8 Å². The van der Waals surface area contributed by atoms with Gasteiger partial charge in [0.25, 0.3) is 5.91 Å². The quantitative estimate of drug-likeness (QED) is 0.585. The maximum atomic E-state index is 13.0. The second kappa shape index (κ2) is 9.35. The lowest BCUT2D eigenvalue weighted by Gasteiger charge is -2.22. The molecule has 1 fully saturated rings. The molecule has 10 heteroatoms. The number of hydrogen-bond acceptors (Lipinski definition) is 6. The van der Waals surface area contributed by atoms with Crippen LogP contribution in [0, 0.1) is 0 Å². The van der Waals surface area contributed by atoms with Crippen LogP contribution in [-0.2, 0) is 21.7 Å². The minimum atomic E-state index is -1.28. The normalized spacial score (nSPS) is 17.7. The van der Waals surface area contributed by atoms with Crippen LogP contribution < -0.4 is 24.8 Å². The first kappa shape index (κ1) is 23.2. The molecule has 32 heavy (non-hydrogen) atoms. The van der Waals surface area contributed by atoms with Crippen molar-refractivity contribution in [3.05, 3.63) is 52.5 Å². The number of benzene rings is 2. The van der Waals surface area contributed by atoms with Crippen molar-refractivity contribution in [2.45, 2.75) is 19.0 Å². The van der Waals surface area contributed by atoms with E-state index >= 15 is 0 Å². The fraction of sp³-hybridized carbons (Fsp3) is 0.318. The molecule has 1 unspecified atom stereocenters. The molecule has 1 atom stereocenters. The zero-order chi connectivity index (χ0) is 23.5. The van der Waals surface area contributed by atoms with Crippen LogP contribution in [0.25, 0.3) is 0 Å². The summed E-state index contributed by atoms with van der Waals surface area (Å²) in [5, 5.41) is 5.86. The van der Waals surface area contributed by atoms with E-state index in [1.54, 1.807) is 43.3 Å². The largest absolute Gasteiger partial charge is 0.496 e. The summed E-state index contributed by atoms with van der Waals surface area (Å²) in [6, 6.07) is 9.27. The second-order valence-electron chi connectivity index (χ2n) is 7.25. The Morgan fingerprint density at radius 2 is 1.62 bits per heavy atom. The fourth-order valence-electron chi connectivity index (χ4n) is 3.44. The minimum Gasteiger partial charge on any atom is -0.496 e. The third-order valence-corrected chi connectivity index (χ3v) is 5.51. The molecule has 9 nitrogen and oxygen atoms in total. The number of nitrogens with one attached hydrogen (secondary N) is 2. The Morgan fingerprint density at radius 3 is 2.22 bits per heavy atom. The second-order valence-corrected chi connectivity index (χ2v) is 7.69. The first-order valence-electron chi connectivity index (χ1n) is 9.69. The van der Waals surface area contributed by atoms with Crippen LogP contribution in [0.4, 0.5) is 4.79 Å². The van der Waals surface area contributed by atoms with Gasteiger partial charge >= 0.3 is 6.03 Å². The first-order chi connectivity index (χ1) is 15.2. The molecule has 0 radical (unpaired) electrons. The number of rotatable bonds is 8. The molecule has 1 aliphatic heterocycles. The molecule has 2 aromatic rings. The van der Waals surface area contributed by atoms with Gasteiger partial charge < -0.3 is 24.8 Å². The van der Waals surface area contributed by atoms with Crippen LogP contribution in [-0.4, -0.2) is 50.6 Å². The number of methoxy groups -OCH3 is 3. The lowest BCUT2D eigenvalue weighted by Crippen LogP contribution is -2.43. The van der Waals surface area contributed by atoms with E-state index in [-0.39, 0.29) is 6.54 Å². The summed E-state index contributed by atoms with van der Waals surface area (Å²) in [5.74, 6) is 0.424. The predicted octanol–water partition coefficient (Wildman–Crippen LogP) is 2.45. The van der Waals surface area contributed by atoms with Crippen LogP contribution in [0.5, 0.6) is 17.2 Å². The smallest absolute Gasteiger partial charge is 0.325 e. The molecule has 2 N–H and O–H groups in total. The van der Waals surface area contributed by atoms with Crippen molar-refractivity contribution in [3.63, 3.8) is 0 Å². The number of imide groups is 1. The molecule has 0 aromatic heterocycles. The van der Waals surface area contributed by atoms with Gasteiger partial charge in [0.2, 0.25) is 5.91 Å². The van der Waals surface area contributed by atoms with Crippen molar-refractivity contribution in [2.75, 3.05) is 27.9 Å². The van der Waals surface area contributed by atoms with E-state index in [9.17, 15) is 14.4 Å². The van der Waals surface area contributed by atoms with Gasteiger partial charge in [-0.25, -0.2) is 4.79 Å². The van der Waals surface area contributed by atoms with Gasteiger partial charge in [0.15, 0.2) is 11.5 Å². The Bertz CT molecular complexity index is 1040. The number of ether oxygens (including phenoxy) is 3. The Morgan fingerprint density at radius 1 is 1.03 bits per heavy atom. The lowest BCUT2D eigenvalue weighted by atomic mass is 9.92. The third kappa shape index (κ3) is 4.43. The van der Waals surface area contributed by atoms with Gasteiger partial charge in [-0.05, 0) is 30.7 Å². The number of halogens is 1. The van der Waals surface area contributed by atoms with Gasteiger partial charge in [0.05, 0.1) is 21.3 Å². The summed E-state index contributed by atoms with van der Waals surface area (Å²) in [5.41, 5.74) is -0.0749. The topological polar surface area (TPSA) is 106 Å². The summed E-state index contributed by atoms with van der Waals surface area (Å²) < 4.78 is 15.9. The molecule has 0 saturated carbocycles. The highest BCUT2D eigenvalue weighted by Crippen LogP contribution is 2.34. The number of urea groups is 1. The average molecular weight is 462 g/mol. The first-order valence-corrected chi connectivity index (χ1v) is 10.1. The molecule has 3 rings (SSSR count). The minimum absolute atomic E-state index is 0.0977. The van der Waals surface area contributed by atoms with Crippen LogP contribution in [0.15, 0.2) is 36.4 Å². The molecular formula is C22H24ClN3O6. The average Bonchev–Trinajstić information content (AvgIpc) is 3.01. The monoisotopic (exact) mass is 461 g/mol. The van der Waals surface area contributed by atoms with Crippen LogP contribution in [0.3, 0.4) is 0 Å². The van der Waals surface area contributed by atoms with Gasteiger partial charge in [-0.3, -0.25) is 14.5 Å². The summed E-state index contributed by atoms with van der Waals surface area (Å²) >= 11 is 5.91. The molecule has 1 heterocycles. The summed E-state index contributed by atoms with van der Waals surface area (Å²) in [4.78, 5) is 38.8. The van der Waals surface area contributed by atoms with Crippen molar-refractivity contribution in [3.8, 4) is 17.2 Å². The SMILES string of the molecule is COc1cc(OC)c(OC)cc1CNC(=O)CN1C(=O)NC(C)(c2ccc(Cl)cc2)C1=O.